The third-order valence-corrected chi connectivity index (χ3v) is 3.22. The second-order valence-corrected chi connectivity index (χ2v) is 4.56. The monoisotopic (exact) mass is 224 g/mol. The van der Waals surface area contributed by atoms with E-state index in [0.717, 1.165) is 30.2 Å². The van der Waals surface area contributed by atoms with Gasteiger partial charge in [0.1, 0.15) is 0 Å². The quantitative estimate of drug-likeness (QED) is 0.795. The van der Waals surface area contributed by atoms with Crippen LogP contribution in [0.5, 0.6) is 0 Å². The summed E-state index contributed by atoms with van der Waals surface area (Å²) >= 11 is 6.18. The summed E-state index contributed by atoms with van der Waals surface area (Å²) in [6.07, 6.45) is 3.56. The molecule has 0 aromatic heterocycles. The van der Waals surface area contributed by atoms with Gasteiger partial charge in [-0.05, 0) is 25.0 Å². The largest absolute Gasteiger partial charge is 0.369 e. The molecule has 0 radical (unpaired) electrons. The molecule has 1 heterocycles. The zero-order chi connectivity index (χ0) is 10.7. The number of para-hydroxylation sites is 1. The van der Waals surface area contributed by atoms with Gasteiger partial charge in [-0.3, -0.25) is 0 Å². The van der Waals surface area contributed by atoms with Crippen molar-refractivity contribution in [2.45, 2.75) is 25.3 Å². The van der Waals surface area contributed by atoms with E-state index in [-0.39, 0.29) is 6.04 Å². The van der Waals surface area contributed by atoms with Gasteiger partial charge in [0.05, 0.1) is 10.7 Å². The Labute approximate surface area is 96.0 Å². The average molecular weight is 225 g/mol. The summed E-state index contributed by atoms with van der Waals surface area (Å²) in [7, 11) is 0. The lowest BCUT2D eigenvalue weighted by atomic mass is 10.1. The molecule has 0 spiro atoms. The highest BCUT2D eigenvalue weighted by atomic mass is 35.5. The average Bonchev–Trinajstić information content (AvgIpc) is 2.43. The molecule has 15 heavy (non-hydrogen) atoms. The molecule has 0 saturated carbocycles. The van der Waals surface area contributed by atoms with Gasteiger partial charge < -0.3 is 10.6 Å². The number of anilines is 1. The Bertz CT molecular complexity index is 327. The van der Waals surface area contributed by atoms with E-state index in [1.165, 1.54) is 12.8 Å². The van der Waals surface area contributed by atoms with Gasteiger partial charge in [0.25, 0.3) is 0 Å². The van der Waals surface area contributed by atoms with Crippen LogP contribution in [0.3, 0.4) is 0 Å². The Hall–Kier alpha value is -0.730. The maximum absolute atomic E-state index is 6.18. The molecule has 2 N–H and O–H groups in total. The van der Waals surface area contributed by atoms with Crippen LogP contribution in [0.15, 0.2) is 24.3 Å². The third-order valence-electron chi connectivity index (χ3n) is 2.90. The fourth-order valence-electron chi connectivity index (χ4n) is 2.10. The van der Waals surface area contributed by atoms with E-state index < -0.39 is 0 Å². The summed E-state index contributed by atoms with van der Waals surface area (Å²) in [4.78, 5) is 2.31. The first-order valence-electron chi connectivity index (χ1n) is 5.52. The van der Waals surface area contributed by atoms with Crippen molar-refractivity contribution in [3.63, 3.8) is 0 Å². The van der Waals surface area contributed by atoms with Gasteiger partial charge in [-0.1, -0.05) is 30.2 Å². The number of hydrogen-bond acceptors (Lipinski definition) is 2. The zero-order valence-corrected chi connectivity index (χ0v) is 9.58. The smallest absolute Gasteiger partial charge is 0.0639 e. The maximum Gasteiger partial charge on any atom is 0.0639 e. The fourth-order valence-corrected chi connectivity index (χ4v) is 2.36. The molecule has 1 aromatic carbocycles. The lowest BCUT2D eigenvalue weighted by Gasteiger charge is -2.25. The molecule has 1 fully saturated rings. The van der Waals surface area contributed by atoms with Crippen molar-refractivity contribution in [2.75, 3.05) is 18.0 Å². The van der Waals surface area contributed by atoms with Gasteiger partial charge in [-0.15, -0.1) is 0 Å². The number of benzene rings is 1. The predicted molar refractivity (Wildman–Crippen MR) is 65.5 cm³/mol. The van der Waals surface area contributed by atoms with E-state index >= 15 is 0 Å². The molecule has 1 saturated heterocycles. The Morgan fingerprint density at radius 2 is 2.07 bits per heavy atom. The summed E-state index contributed by atoms with van der Waals surface area (Å²) in [6.45, 7) is 1.99. The molecule has 82 valence electrons. The highest BCUT2D eigenvalue weighted by Gasteiger charge is 2.16. The summed E-state index contributed by atoms with van der Waals surface area (Å²) in [5.74, 6) is 0. The van der Waals surface area contributed by atoms with Crippen LogP contribution in [0.25, 0.3) is 0 Å². The highest BCUT2D eigenvalue weighted by molar-refractivity contribution is 6.33. The summed E-state index contributed by atoms with van der Waals surface area (Å²) < 4.78 is 0. The van der Waals surface area contributed by atoms with E-state index in [4.69, 9.17) is 17.3 Å². The molecule has 3 heteroatoms. The van der Waals surface area contributed by atoms with Crippen molar-refractivity contribution in [1.82, 2.24) is 0 Å². The molecule has 0 amide bonds. The van der Waals surface area contributed by atoms with E-state index in [9.17, 15) is 0 Å². The van der Waals surface area contributed by atoms with Gasteiger partial charge in [0.2, 0.25) is 0 Å². The summed E-state index contributed by atoms with van der Waals surface area (Å²) in [5.41, 5.74) is 7.15. The van der Waals surface area contributed by atoms with Crippen LogP contribution in [0.4, 0.5) is 5.69 Å². The minimum atomic E-state index is 0.281. The number of rotatable bonds is 1. The normalized spacial score (nSPS) is 22.5. The van der Waals surface area contributed by atoms with Crippen molar-refractivity contribution in [1.29, 1.82) is 0 Å². The molecule has 2 nitrogen and oxygen atoms in total. The van der Waals surface area contributed by atoms with Crippen LogP contribution in [0.1, 0.15) is 19.3 Å². The minimum Gasteiger partial charge on any atom is -0.369 e. The SMILES string of the molecule is NC1CCCCN(c2ccccc2Cl)C1. The first kappa shape index (κ1) is 10.8. The minimum absolute atomic E-state index is 0.281. The first-order valence-corrected chi connectivity index (χ1v) is 5.90. The second kappa shape index (κ2) is 4.86. The number of hydrogen-bond donors (Lipinski definition) is 1. The van der Waals surface area contributed by atoms with Crippen molar-refractivity contribution in [2.24, 2.45) is 5.73 Å². The molecule has 0 aliphatic carbocycles. The molecular formula is C12H17ClN2. The molecule has 1 aliphatic rings. The van der Waals surface area contributed by atoms with Gasteiger partial charge in [-0.25, -0.2) is 0 Å². The van der Waals surface area contributed by atoms with E-state index in [1.807, 2.05) is 18.2 Å². The van der Waals surface area contributed by atoms with E-state index in [1.54, 1.807) is 0 Å². The topological polar surface area (TPSA) is 29.3 Å². The van der Waals surface area contributed by atoms with Gasteiger partial charge in [-0.2, -0.15) is 0 Å². The molecule has 0 bridgehead atoms. The summed E-state index contributed by atoms with van der Waals surface area (Å²) in [6, 6.07) is 8.28. The van der Waals surface area contributed by atoms with Crippen LogP contribution in [-0.4, -0.2) is 19.1 Å². The molecule has 1 unspecified atom stereocenters. The zero-order valence-electron chi connectivity index (χ0n) is 8.82. The lowest BCUT2D eigenvalue weighted by Crippen LogP contribution is -2.35. The van der Waals surface area contributed by atoms with Crippen LogP contribution < -0.4 is 10.6 Å². The Morgan fingerprint density at radius 3 is 2.87 bits per heavy atom. The van der Waals surface area contributed by atoms with Crippen molar-refractivity contribution >= 4 is 17.3 Å². The van der Waals surface area contributed by atoms with Crippen LogP contribution in [0, 0.1) is 0 Å². The predicted octanol–water partition coefficient (Wildman–Crippen LogP) is 2.66. The van der Waals surface area contributed by atoms with E-state index in [2.05, 4.69) is 11.0 Å². The fraction of sp³-hybridized carbons (Fsp3) is 0.500. The van der Waals surface area contributed by atoms with Gasteiger partial charge in [0, 0.05) is 19.1 Å². The van der Waals surface area contributed by atoms with Crippen molar-refractivity contribution in [3.05, 3.63) is 29.3 Å². The molecule has 1 atom stereocenters. The van der Waals surface area contributed by atoms with Crippen LogP contribution >= 0.6 is 11.6 Å². The molecule has 2 rings (SSSR count). The van der Waals surface area contributed by atoms with Crippen LogP contribution in [0.2, 0.25) is 5.02 Å². The first-order chi connectivity index (χ1) is 7.27. The number of nitrogens with zero attached hydrogens (tertiary/aromatic N) is 1. The summed E-state index contributed by atoms with van der Waals surface area (Å²) in [5, 5.41) is 0.826. The third kappa shape index (κ3) is 2.64. The highest BCUT2D eigenvalue weighted by Crippen LogP contribution is 2.27. The number of halogens is 1. The van der Waals surface area contributed by atoms with Crippen molar-refractivity contribution in [3.8, 4) is 0 Å². The Kier molecular flexibility index (Phi) is 3.49. The number of nitrogens with two attached hydrogens (primary N) is 1. The Morgan fingerprint density at radius 1 is 1.27 bits per heavy atom. The Balaban J connectivity index is 2.18. The maximum atomic E-state index is 6.18. The lowest BCUT2D eigenvalue weighted by molar-refractivity contribution is 0.621. The molecule has 1 aliphatic heterocycles. The van der Waals surface area contributed by atoms with Crippen molar-refractivity contribution < 1.29 is 0 Å². The van der Waals surface area contributed by atoms with E-state index in [0.29, 0.717) is 0 Å². The second-order valence-electron chi connectivity index (χ2n) is 4.15. The van der Waals surface area contributed by atoms with Gasteiger partial charge >= 0.3 is 0 Å². The van der Waals surface area contributed by atoms with Gasteiger partial charge in [0.15, 0.2) is 0 Å². The van der Waals surface area contributed by atoms with Crippen LogP contribution in [-0.2, 0) is 0 Å². The standard InChI is InChI=1S/C12H17ClN2/c13-11-6-1-2-7-12(11)15-8-4-3-5-10(14)9-15/h1-2,6-7,10H,3-5,8-9,14H2. The molecular weight excluding hydrogens is 208 g/mol. The molecule has 1 aromatic rings.